The Balaban J connectivity index is 0.000000360. The Hall–Kier alpha value is -3.66. The number of anilines is 1. The number of primary amides is 1. The predicted octanol–water partition coefficient (Wildman–Crippen LogP) is 4.35. The molecule has 0 atom stereocenters. The number of rotatable bonds is 4. The number of hydrogen-bond acceptors (Lipinski definition) is 5. The number of hydrogen-bond donors (Lipinski definition) is 2. The molecule has 32 heavy (non-hydrogen) atoms. The number of amides is 1. The lowest BCUT2D eigenvalue weighted by Crippen LogP contribution is -2.31. The second-order valence-electron chi connectivity index (χ2n) is 6.79. The van der Waals surface area contributed by atoms with Crippen LogP contribution in [0, 0.1) is 0 Å². The maximum atomic E-state index is 12.6. The second-order valence-corrected chi connectivity index (χ2v) is 7.85. The minimum absolute atomic E-state index is 0.0733. The third-order valence-electron chi connectivity index (χ3n) is 4.58. The molecule has 1 aromatic heterocycles. The molecule has 10 heteroatoms. The molecule has 3 aromatic rings. The van der Waals surface area contributed by atoms with Crippen LogP contribution in [0.15, 0.2) is 60.7 Å². The van der Waals surface area contributed by atoms with Crippen LogP contribution >= 0.6 is 11.3 Å². The zero-order valence-corrected chi connectivity index (χ0v) is 17.2. The van der Waals surface area contributed by atoms with Crippen LogP contribution in [-0.4, -0.2) is 35.5 Å². The monoisotopic (exact) mass is 462 g/mol. The Kier molecular flexibility index (Phi) is 6.64. The molecule has 0 aliphatic carbocycles. The van der Waals surface area contributed by atoms with Gasteiger partial charge in [-0.2, -0.15) is 13.2 Å². The molecule has 1 aliphatic heterocycles. The molecule has 2 aromatic carbocycles. The molecule has 6 nitrogen and oxygen atoms in total. The smallest absolute Gasteiger partial charge is 0.475 e. The van der Waals surface area contributed by atoms with E-state index < -0.39 is 18.1 Å². The number of carboxylic acids is 1. The molecule has 3 N–H and O–H groups in total. The molecule has 4 rings (SSSR count). The molecule has 0 saturated heterocycles. The highest BCUT2D eigenvalue weighted by atomic mass is 32.1. The minimum Gasteiger partial charge on any atom is -0.475 e. The lowest BCUT2D eigenvalue weighted by molar-refractivity contribution is -0.192. The number of aliphatic carboxylic acids is 1. The first kappa shape index (κ1) is 23.0. The topological polar surface area (TPSA) is 101 Å². The van der Waals surface area contributed by atoms with Gasteiger partial charge in [-0.15, -0.1) is 11.3 Å². The van der Waals surface area contributed by atoms with Crippen molar-refractivity contribution in [3.05, 3.63) is 76.7 Å². The molecular weight excluding hydrogens is 445 g/mol. The van der Waals surface area contributed by atoms with E-state index in [9.17, 15) is 22.8 Å². The zero-order chi connectivity index (χ0) is 23.5. The molecule has 0 spiro atoms. The van der Waals surface area contributed by atoms with E-state index >= 15 is 0 Å². The van der Waals surface area contributed by atoms with Crippen molar-refractivity contribution in [2.75, 3.05) is 11.4 Å². The molecule has 1 amide bonds. The van der Waals surface area contributed by atoms with Crippen molar-refractivity contribution in [2.24, 2.45) is 5.73 Å². The van der Waals surface area contributed by atoms with E-state index in [1.807, 2.05) is 60.7 Å². The highest BCUT2D eigenvalue weighted by Crippen LogP contribution is 2.43. The van der Waals surface area contributed by atoms with Crippen LogP contribution in [0.4, 0.5) is 18.9 Å². The number of benzene rings is 2. The molecule has 166 valence electrons. The van der Waals surface area contributed by atoms with E-state index in [1.165, 1.54) is 11.3 Å². The minimum atomic E-state index is -5.08. The lowest BCUT2D eigenvalue weighted by atomic mass is 10.0. The van der Waals surface area contributed by atoms with Gasteiger partial charge in [0.1, 0.15) is 0 Å². The van der Waals surface area contributed by atoms with Crippen molar-refractivity contribution in [3.8, 4) is 10.4 Å². The highest BCUT2D eigenvalue weighted by Gasteiger charge is 2.38. The van der Waals surface area contributed by atoms with E-state index in [0.717, 1.165) is 21.7 Å². The van der Waals surface area contributed by atoms with Crippen molar-refractivity contribution in [1.29, 1.82) is 0 Å². The van der Waals surface area contributed by atoms with Gasteiger partial charge in [-0.1, -0.05) is 48.5 Å². The molecule has 0 saturated carbocycles. The normalized spacial score (nSPS) is 12.2. The Morgan fingerprint density at radius 3 is 2.22 bits per heavy atom. The van der Waals surface area contributed by atoms with Crippen LogP contribution in [-0.2, 0) is 11.3 Å². The molecule has 0 fully saturated rings. The van der Waals surface area contributed by atoms with Gasteiger partial charge in [0.25, 0.3) is 5.91 Å². The Morgan fingerprint density at radius 2 is 1.62 bits per heavy atom. The van der Waals surface area contributed by atoms with Crippen molar-refractivity contribution in [2.45, 2.75) is 12.7 Å². The van der Waals surface area contributed by atoms with Gasteiger partial charge in [0, 0.05) is 28.2 Å². The van der Waals surface area contributed by atoms with Gasteiger partial charge in [0.2, 0.25) is 0 Å². The maximum Gasteiger partial charge on any atom is 0.490 e. The predicted molar refractivity (Wildman–Crippen MR) is 114 cm³/mol. The Morgan fingerprint density at radius 1 is 1.03 bits per heavy atom. The van der Waals surface area contributed by atoms with Gasteiger partial charge < -0.3 is 15.7 Å². The van der Waals surface area contributed by atoms with E-state index in [4.69, 9.17) is 15.6 Å². The van der Waals surface area contributed by atoms with E-state index in [-0.39, 0.29) is 5.78 Å². The summed E-state index contributed by atoms with van der Waals surface area (Å²) >= 11 is 1.42. The summed E-state index contributed by atoms with van der Waals surface area (Å²) < 4.78 is 31.7. The Bertz CT molecular complexity index is 1160. The van der Waals surface area contributed by atoms with Crippen molar-refractivity contribution >= 4 is 34.7 Å². The summed E-state index contributed by atoms with van der Waals surface area (Å²) in [7, 11) is 0. The summed E-state index contributed by atoms with van der Waals surface area (Å²) in [6.45, 7) is 0.886. The summed E-state index contributed by atoms with van der Waals surface area (Å²) in [6, 6.07) is 19.1. The fourth-order valence-electron chi connectivity index (χ4n) is 3.16. The van der Waals surface area contributed by atoms with E-state index in [0.29, 0.717) is 23.5 Å². The van der Waals surface area contributed by atoms with Crippen molar-refractivity contribution < 1.29 is 32.7 Å². The van der Waals surface area contributed by atoms with Crippen LogP contribution in [0.25, 0.3) is 10.4 Å². The van der Waals surface area contributed by atoms with Crippen molar-refractivity contribution in [1.82, 2.24) is 0 Å². The first-order chi connectivity index (χ1) is 15.1. The number of ketones is 1. The SMILES string of the molecule is NC(=O)c1cc2c(s1)-c1ccccc1N(CC(=O)c1ccccc1)C2.O=C(O)C(F)(F)F. The number of para-hydroxylation sites is 1. The number of Topliss-reactive ketones (excluding diaryl/α,β-unsaturated/α-hetero) is 1. The first-order valence-electron chi connectivity index (χ1n) is 9.23. The fraction of sp³-hybridized carbons (Fsp3) is 0.136. The summed E-state index contributed by atoms with van der Waals surface area (Å²) in [4.78, 5) is 36.7. The van der Waals surface area contributed by atoms with E-state index in [2.05, 4.69) is 4.90 Å². The fourth-order valence-corrected chi connectivity index (χ4v) is 4.22. The van der Waals surface area contributed by atoms with Gasteiger partial charge in [-0.05, 0) is 17.7 Å². The molecule has 0 unspecified atom stereocenters. The molecule has 1 aliphatic rings. The highest BCUT2D eigenvalue weighted by molar-refractivity contribution is 7.17. The number of carboxylic acid groups (broad SMARTS) is 1. The van der Waals surface area contributed by atoms with Crippen molar-refractivity contribution in [3.63, 3.8) is 0 Å². The lowest BCUT2D eigenvalue weighted by Gasteiger charge is -2.30. The number of carbonyl (C=O) groups is 3. The molecule has 2 heterocycles. The van der Waals surface area contributed by atoms with Crippen LogP contribution in [0.5, 0.6) is 0 Å². The summed E-state index contributed by atoms with van der Waals surface area (Å²) in [5, 5.41) is 7.12. The van der Waals surface area contributed by atoms with Gasteiger partial charge in [0.05, 0.1) is 11.4 Å². The number of nitrogens with zero attached hydrogens (tertiary/aromatic N) is 1. The zero-order valence-electron chi connectivity index (χ0n) is 16.4. The number of nitrogens with two attached hydrogens (primary N) is 1. The maximum absolute atomic E-state index is 12.6. The average molecular weight is 462 g/mol. The standard InChI is InChI=1S/C20H16N2O2S.C2HF3O2/c21-20(24)18-10-14-11-22(12-17(23)13-6-2-1-3-7-13)16-9-5-4-8-15(16)19(14)25-18;3-2(4,5)1(6)7/h1-10H,11-12H2,(H2,21,24);(H,6,7). The number of carbonyl (C=O) groups excluding carboxylic acids is 2. The molecule has 0 radical (unpaired) electrons. The number of alkyl halides is 3. The summed E-state index contributed by atoms with van der Waals surface area (Å²) in [5.74, 6) is -3.10. The third kappa shape index (κ3) is 5.14. The van der Waals surface area contributed by atoms with Gasteiger partial charge in [-0.25, -0.2) is 4.79 Å². The quantitative estimate of drug-likeness (QED) is 0.562. The molecular formula is C22H17F3N2O4S. The van der Waals surface area contributed by atoms with Gasteiger partial charge in [0.15, 0.2) is 5.78 Å². The number of thiophene rings is 1. The second kappa shape index (κ2) is 9.23. The summed E-state index contributed by atoms with van der Waals surface area (Å²) in [5.41, 5.74) is 9.24. The Labute approximate surface area is 184 Å². The van der Waals surface area contributed by atoms with Gasteiger partial charge >= 0.3 is 12.1 Å². The number of fused-ring (bicyclic) bond motifs is 3. The van der Waals surface area contributed by atoms with Gasteiger partial charge in [-0.3, -0.25) is 9.59 Å². The van der Waals surface area contributed by atoms with Crippen LogP contribution in [0.1, 0.15) is 25.6 Å². The summed E-state index contributed by atoms with van der Waals surface area (Å²) in [6.07, 6.45) is -5.08. The van der Waals surface area contributed by atoms with Crippen LogP contribution in [0.2, 0.25) is 0 Å². The molecule has 0 bridgehead atoms. The van der Waals surface area contributed by atoms with Crippen LogP contribution < -0.4 is 10.6 Å². The van der Waals surface area contributed by atoms with E-state index in [1.54, 1.807) is 0 Å². The van der Waals surface area contributed by atoms with Crippen LogP contribution in [0.3, 0.4) is 0 Å². The third-order valence-corrected chi connectivity index (χ3v) is 5.80. The number of halogens is 3. The first-order valence-corrected chi connectivity index (χ1v) is 10.0. The largest absolute Gasteiger partial charge is 0.490 e. The average Bonchev–Trinajstić information content (AvgIpc) is 3.19.